The van der Waals surface area contributed by atoms with Gasteiger partial charge in [0.15, 0.2) is 6.10 Å². The van der Waals surface area contributed by atoms with E-state index in [2.05, 4.69) is 0 Å². The lowest BCUT2D eigenvalue weighted by molar-refractivity contribution is -0.136. The number of likely N-dealkylation sites (tertiary alicyclic amines) is 1. The van der Waals surface area contributed by atoms with Crippen molar-refractivity contribution in [2.75, 3.05) is 13.1 Å². The Morgan fingerprint density at radius 2 is 2.15 bits per heavy atom. The summed E-state index contributed by atoms with van der Waals surface area (Å²) in [6.45, 7) is 3.57. The molecule has 108 valence electrons. The fraction of sp³-hybridized carbons (Fsp3) is 0.562. The first kappa shape index (κ1) is 13.4. The first-order valence-electron chi connectivity index (χ1n) is 7.49. The average molecular weight is 274 g/mol. The standard InChI is InChI=1S/C16H22N2O2/c1-11(16(19)18-8-2-3-9-18)20-13-5-6-14-12(10-13)4-7-15(14)17/h5-6,10-11,15H,2-4,7-9,17H2,1H3/t11?,15-/m1/s1. The number of aryl methyl sites for hydroxylation is 1. The maximum absolute atomic E-state index is 12.2. The van der Waals surface area contributed by atoms with Crippen LogP contribution in [0.15, 0.2) is 18.2 Å². The van der Waals surface area contributed by atoms with Gasteiger partial charge in [0.25, 0.3) is 5.91 Å². The van der Waals surface area contributed by atoms with E-state index in [1.807, 2.05) is 30.0 Å². The quantitative estimate of drug-likeness (QED) is 0.917. The SMILES string of the molecule is CC(Oc1ccc2c(c1)CC[C@H]2N)C(=O)N1CCCC1. The van der Waals surface area contributed by atoms with E-state index < -0.39 is 6.10 Å². The van der Waals surface area contributed by atoms with Gasteiger partial charge in [-0.2, -0.15) is 0 Å². The van der Waals surface area contributed by atoms with Gasteiger partial charge in [-0.25, -0.2) is 0 Å². The van der Waals surface area contributed by atoms with Crippen LogP contribution in [0.2, 0.25) is 0 Å². The molecule has 2 aliphatic rings. The van der Waals surface area contributed by atoms with Crippen LogP contribution in [0, 0.1) is 0 Å². The van der Waals surface area contributed by atoms with Crippen molar-refractivity contribution in [1.82, 2.24) is 4.90 Å². The minimum absolute atomic E-state index is 0.0969. The summed E-state index contributed by atoms with van der Waals surface area (Å²) in [5, 5.41) is 0. The molecule has 0 aromatic heterocycles. The predicted octanol–water partition coefficient (Wildman–Crippen LogP) is 2.02. The Bertz CT molecular complexity index is 509. The molecular weight excluding hydrogens is 252 g/mol. The molecule has 3 rings (SSSR count). The number of fused-ring (bicyclic) bond motifs is 1. The van der Waals surface area contributed by atoms with E-state index in [1.54, 1.807) is 0 Å². The Kier molecular flexibility index (Phi) is 3.66. The number of carbonyl (C=O) groups is 1. The van der Waals surface area contributed by atoms with Crippen LogP contribution in [0.25, 0.3) is 0 Å². The van der Waals surface area contributed by atoms with Gasteiger partial charge in [0.2, 0.25) is 0 Å². The average Bonchev–Trinajstić information content (AvgIpc) is 3.08. The molecule has 0 bridgehead atoms. The third-order valence-corrected chi connectivity index (χ3v) is 4.32. The predicted molar refractivity (Wildman–Crippen MR) is 77.6 cm³/mol. The van der Waals surface area contributed by atoms with Crippen molar-refractivity contribution in [3.8, 4) is 5.75 Å². The zero-order valence-electron chi connectivity index (χ0n) is 12.0. The van der Waals surface area contributed by atoms with Crippen molar-refractivity contribution in [2.24, 2.45) is 5.73 Å². The zero-order valence-corrected chi connectivity index (χ0v) is 12.0. The third kappa shape index (κ3) is 2.52. The summed E-state index contributed by atoms with van der Waals surface area (Å²) >= 11 is 0. The summed E-state index contributed by atoms with van der Waals surface area (Å²) in [7, 11) is 0. The van der Waals surface area contributed by atoms with Crippen LogP contribution in [0.4, 0.5) is 0 Å². The number of ether oxygens (including phenoxy) is 1. The van der Waals surface area contributed by atoms with Crippen molar-refractivity contribution in [1.29, 1.82) is 0 Å². The number of rotatable bonds is 3. The van der Waals surface area contributed by atoms with E-state index in [0.29, 0.717) is 0 Å². The molecule has 1 heterocycles. The van der Waals surface area contributed by atoms with Crippen LogP contribution in [-0.2, 0) is 11.2 Å². The Morgan fingerprint density at radius 3 is 2.90 bits per heavy atom. The number of hydrogen-bond donors (Lipinski definition) is 1. The van der Waals surface area contributed by atoms with Crippen molar-refractivity contribution >= 4 is 5.91 Å². The summed E-state index contributed by atoms with van der Waals surface area (Å²) < 4.78 is 5.82. The van der Waals surface area contributed by atoms with Gasteiger partial charge >= 0.3 is 0 Å². The largest absolute Gasteiger partial charge is 0.481 e. The molecule has 1 unspecified atom stereocenters. The van der Waals surface area contributed by atoms with Crippen molar-refractivity contribution in [3.05, 3.63) is 29.3 Å². The van der Waals surface area contributed by atoms with Gasteiger partial charge in [-0.1, -0.05) is 6.07 Å². The lowest BCUT2D eigenvalue weighted by atomic mass is 10.1. The molecule has 0 saturated carbocycles. The monoisotopic (exact) mass is 274 g/mol. The number of amides is 1. The minimum atomic E-state index is -0.416. The highest BCUT2D eigenvalue weighted by Crippen LogP contribution is 2.32. The Balaban J connectivity index is 1.67. The molecule has 1 aromatic carbocycles. The molecule has 1 aromatic rings. The van der Waals surface area contributed by atoms with E-state index in [0.717, 1.165) is 44.5 Å². The number of hydrogen-bond acceptors (Lipinski definition) is 3. The first-order valence-corrected chi connectivity index (χ1v) is 7.49. The first-order chi connectivity index (χ1) is 9.65. The van der Waals surface area contributed by atoms with Gasteiger partial charge in [-0.05, 0) is 55.9 Å². The fourth-order valence-corrected chi connectivity index (χ4v) is 3.15. The molecule has 1 aliphatic carbocycles. The van der Waals surface area contributed by atoms with Crippen LogP contribution in [-0.4, -0.2) is 30.0 Å². The Morgan fingerprint density at radius 1 is 1.40 bits per heavy atom. The van der Waals surface area contributed by atoms with Crippen LogP contribution in [0.3, 0.4) is 0 Å². The zero-order chi connectivity index (χ0) is 14.1. The van der Waals surface area contributed by atoms with Crippen molar-refractivity contribution in [3.63, 3.8) is 0 Å². The van der Waals surface area contributed by atoms with Crippen LogP contribution in [0.5, 0.6) is 5.75 Å². The second-order valence-electron chi connectivity index (χ2n) is 5.80. The number of nitrogens with zero attached hydrogens (tertiary/aromatic N) is 1. The van der Waals surface area contributed by atoms with E-state index in [4.69, 9.17) is 10.5 Å². The lowest BCUT2D eigenvalue weighted by Crippen LogP contribution is -2.38. The van der Waals surface area contributed by atoms with Gasteiger partial charge in [-0.15, -0.1) is 0 Å². The smallest absolute Gasteiger partial charge is 0.263 e. The molecule has 20 heavy (non-hydrogen) atoms. The van der Waals surface area contributed by atoms with Crippen LogP contribution < -0.4 is 10.5 Å². The Hall–Kier alpha value is -1.55. The van der Waals surface area contributed by atoms with Gasteiger partial charge in [0.05, 0.1) is 0 Å². The van der Waals surface area contributed by atoms with Crippen LogP contribution in [0.1, 0.15) is 43.4 Å². The van der Waals surface area contributed by atoms with Crippen LogP contribution >= 0.6 is 0 Å². The second-order valence-corrected chi connectivity index (χ2v) is 5.80. The molecule has 1 aliphatic heterocycles. The number of carbonyl (C=O) groups excluding carboxylic acids is 1. The van der Waals surface area contributed by atoms with E-state index >= 15 is 0 Å². The molecule has 2 N–H and O–H groups in total. The molecule has 1 saturated heterocycles. The van der Waals surface area contributed by atoms with Crippen molar-refractivity contribution in [2.45, 2.75) is 44.8 Å². The summed E-state index contributed by atoms with van der Waals surface area (Å²) in [4.78, 5) is 14.1. The van der Waals surface area contributed by atoms with Gasteiger partial charge < -0.3 is 15.4 Å². The lowest BCUT2D eigenvalue weighted by Gasteiger charge is -2.21. The molecule has 0 spiro atoms. The normalized spacial score (nSPS) is 22.7. The molecule has 1 amide bonds. The summed E-state index contributed by atoms with van der Waals surface area (Å²) in [5.74, 6) is 0.873. The minimum Gasteiger partial charge on any atom is -0.481 e. The molecular formula is C16H22N2O2. The molecule has 0 radical (unpaired) electrons. The maximum atomic E-state index is 12.2. The highest BCUT2D eigenvalue weighted by Gasteiger charge is 2.25. The molecule has 4 heteroatoms. The molecule has 4 nitrogen and oxygen atoms in total. The summed E-state index contributed by atoms with van der Waals surface area (Å²) in [5.41, 5.74) is 8.51. The number of nitrogens with two attached hydrogens (primary N) is 1. The van der Waals surface area contributed by atoms with Gasteiger partial charge in [-0.3, -0.25) is 4.79 Å². The second kappa shape index (κ2) is 5.44. The highest BCUT2D eigenvalue weighted by atomic mass is 16.5. The maximum Gasteiger partial charge on any atom is 0.263 e. The molecule has 2 atom stereocenters. The van der Waals surface area contributed by atoms with E-state index in [1.165, 1.54) is 11.1 Å². The Labute approximate surface area is 119 Å². The van der Waals surface area contributed by atoms with E-state index in [9.17, 15) is 4.79 Å². The summed E-state index contributed by atoms with van der Waals surface area (Å²) in [6.07, 6.45) is 3.80. The molecule has 1 fully saturated rings. The third-order valence-electron chi connectivity index (χ3n) is 4.32. The summed E-state index contributed by atoms with van der Waals surface area (Å²) in [6, 6.07) is 6.16. The van der Waals surface area contributed by atoms with Gasteiger partial charge in [0, 0.05) is 19.1 Å². The van der Waals surface area contributed by atoms with Gasteiger partial charge in [0.1, 0.15) is 5.75 Å². The fourth-order valence-electron chi connectivity index (χ4n) is 3.15. The number of benzene rings is 1. The highest BCUT2D eigenvalue weighted by molar-refractivity contribution is 5.81. The topological polar surface area (TPSA) is 55.6 Å². The van der Waals surface area contributed by atoms with Crippen molar-refractivity contribution < 1.29 is 9.53 Å². The van der Waals surface area contributed by atoms with E-state index in [-0.39, 0.29) is 11.9 Å².